The zero-order valence-electron chi connectivity index (χ0n) is 10.3. The first-order valence-corrected chi connectivity index (χ1v) is 6.54. The van der Waals surface area contributed by atoms with Gasteiger partial charge >= 0.3 is 0 Å². The number of phenolic OH excluding ortho intramolecular Hbond substituents is 1. The van der Waals surface area contributed by atoms with Crippen LogP contribution in [0.3, 0.4) is 0 Å². The van der Waals surface area contributed by atoms with Gasteiger partial charge in [0.1, 0.15) is 5.75 Å². The van der Waals surface area contributed by atoms with Crippen molar-refractivity contribution in [2.75, 3.05) is 19.6 Å². The van der Waals surface area contributed by atoms with E-state index >= 15 is 0 Å². The van der Waals surface area contributed by atoms with Crippen LogP contribution in [0.25, 0.3) is 0 Å². The van der Waals surface area contributed by atoms with E-state index in [-0.39, 0.29) is 17.7 Å². The fourth-order valence-electron chi connectivity index (χ4n) is 3.03. The molecule has 1 aromatic carbocycles. The molecule has 1 amide bonds. The molecule has 3 fully saturated rings. The van der Waals surface area contributed by atoms with Gasteiger partial charge in [0, 0.05) is 18.2 Å². The van der Waals surface area contributed by atoms with E-state index in [1.54, 1.807) is 18.2 Å². The second-order valence-electron chi connectivity index (χ2n) is 5.27. The average Bonchev–Trinajstić information content (AvgIpc) is 2.40. The first kappa shape index (κ1) is 11.5. The van der Waals surface area contributed by atoms with E-state index < -0.39 is 0 Å². The van der Waals surface area contributed by atoms with Gasteiger partial charge in [0.05, 0.1) is 0 Å². The molecular weight excluding hydrogens is 228 g/mol. The number of amides is 1. The molecule has 1 unspecified atom stereocenters. The molecule has 4 nitrogen and oxygen atoms in total. The Labute approximate surface area is 107 Å². The lowest BCUT2D eigenvalue weighted by Crippen LogP contribution is -2.57. The van der Waals surface area contributed by atoms with Crippen LogP contribution in [0.15, 0.2) is 24.3 Å². The van der Waals surface area contributed by atoms with Crippen LogP contribution in [0, 0.1) is 5.92 Å². The number of hydrogen-bond acceptors (Lipinski definition) is 3. The largest absolute Gasteiger partial charge is 0.508 e. The highest BCUT2D eigenvalue weighted by Gasteiger charge is 2.34. The summed E-state index contributed by atoms with van der Waals surface area (Å²) in [5.74, 6) is 0.678. The Hall–Kier alpha value is -1.55. The van der Waals surface area contributed by atoms with Crippen LogP contribution in [-0.4, -0.2) is 41.6 Å². The number of fused-ring (bicyclic) bond motifs is 3. The molecule has 0 radical (unpaired) electrons. The molecule has 3 aliphatic heterocycles. The quantitative estimate of drug-likeness (QED) is 0.825. The third-order valence-electron chi connectivity index (χ3n) is 4.08. The molecule has 4 heteroatoms. The summed E-state index contributed by atoms with van der Waals surface area (Å²) in [6, 6.07) is 6.78. The van der Waals surface area contributed by atoms with Gasteiger partial charge in [-0.3, -0.25) is 4.79 Å². The van der Waals surface area contributed by atoms with Gasteiger partial charge < -0.3 is 15.3 Å². The summed E-state index contributed by atoms with van der Waals surface area (Å²) in [7, 11) is 0. The lowest BCUT2D eigenvalue weighted by molar-refractivity contribution is 0.0620. The van der Waals surface area contributed by atoms with Gasteiger partial charge in [-0.1, -0.05) is 6.07 Å². The number of piperidine rings is 3. The number of nitrogens with zero attached hydrogens (tertiary/aromatic N) is 1. The summed E-state index contributed by atoms with van der Waals surface area (Å²) in [6.07, 6.45) is 2.37. The third-order valence-corrected chi connectivity index (χ3v) is 4.08. The number of rotatable bonds is 2. The SMILES string of the molecule is O=C(NC1CN2CCC1CC2)c1cccc(O)c1. The Morgan fingerprint density at radius 3 is 2.72 bits per heavy atom. The average molecular weight is 246 g/mol. The highest BCUT2D eigenvalue weighted by atomic mass is 16.3. The minimum Gasteiger partial charge on any atom is -0.508 e. The van der Waals surface area contributed by atoms with Crippen LogP contribution in [0.4, 0.5) is 0 Å². The molecule has 1 aromatic rings. The van der Waals surface area contributed by atoms with Gasteiger partial charge in [0.15, 0.2) is 0 Å². The van der Waals surface area contributed by atoms with Crippen molar-refractivity contribution in [2.24, 2.45) is 5.92 Å². The number of carbonyl (C=O) groups excluding carboxylic acids is 1. The molecule has 3 heterocycles. The number of benzene rings is 1. The van der Waals surface area contributed by atoms with Crippen molar-refractivity contribution in [1.82, 2.24) is 10.2 Å². The Balaban J connectivity index is 1.68. The molecule has 96 valence electrons. The van der Waals surface area contributed by atoms with Crippen LogP contribution in [0.5, 0.6) is 5.75 Å². The summed E-state index contributed by atoms with van der Waals surface area (Å²) >= 11 is 0. The van der Waals surface area contributed by atoms with Gasteiger partial charge in [-0.2, -0.15) is 0 Å². The van der Waals surface area contributed by atoms with Crippen molar-refractivity contribution >= 4 is 5.91 Å². The first-order chi connectivity index (χ1) is 8.72. The van der Waals surface area contributed by atoms with Crippen LogP contribution >= 0.6 is 0 Å². The van der Waals surface area contributed by atoms with Crippen LogP contribution in [0.2, 0.25) is 0 Å². The van der Waals surface area contributed by atoms with Crippen molar-refractivity contribution in [3.05, 3.63) is 29.8 Å². The second kappa shape index (κ2) is 4.61. The fraction of sp³-hybridized carbons (Fsp3) is 0.500. The molecule has 3 aliphatic rings. The molecule has 1 atom stereocenters. The Kier molecular flexibility index (Phi) is 2.96. The van der Waals surface area contributed by atoms with Gasteiger partial charge in [-0.25, -0.2) is 0 Å². The number of aromatic hydroxyl groups is 1. The lowest BCUT2D eigenvalue weighted by atomic mass is 9.84. The van der Waals surface area contributed by atoms with Gasteiger partial charge in [0.25, 0.3) is 5.91 Å². The van der Waals surface area contributed by atoms with Gasteiger partial charge in [-0.05, 0) is 50.0 Å². The van der Waals surface area contributed by atoms with E-state index in [0.717, 1.165) is 6.54 Å². The van der Waals surface area contributed by atoms with Crippen molar-refractivity contribution in [2.45, 2.75) is 18.9 Å². The van der Waals surface area contributed by atoms with Crippen molar-refractivity contribution in [3.8, 4) is 5.75 Å². The van der Waals surface area contributed by atoms with E-state index in [1.165, 1.54) is 32.0 Å². The van der Waals surface area contributed by atoms with Gasteiger partial charge in [0.2, 0.25) is 0 Å². The summed E-state index contributed by atoms with van der Waals surface area (Å²) in [5.41, 5.74) is 0.534. The van der Waals surface area contributed by atoms with Crippen LogP contribution in [0.1, 0.15) is 23.2 Å². The monoisotopic (exact) mass is 246 g/mol. The van der Waals surface area contributed by atoms with Crippen LogP contribution in [-0.2, 0) is 0 Å². The standard InChI is InChI=1S/C14H18N2O2/c17-12-3-1-2-11(8-12)14(18)15-13-9-16-6-4-10(13)5-7-16/h1-3,8,10,13,17H,4-7,9H2,(H,15,18). The Morgan fingerprint density at radius 1 is 1.33 bits per heavy atom. The Bertz CT molecular complexity index is 453. The molecular formula is C14H18N2O2. The number of carbonyl (C=O) groups is 1. The summed E-state index contributed by atoms with van der Waals surface area (Å²) in [6.45, 7) is 3.31. The molecule has 3 saturated heterocycles. The van der Waals surface area contributed by atoms with E-state index in [1.807, 2.05) is 0 Å². The zero-order valence-corrected chi connectivity index (χ0v) is 10.3. The first-order valence-electron chi connectivity index (χ1n) is 6.54. The maximum Gasteiger partial charge on any atom is 0.251 e. The van der Waals surface area contributed by atoms with Crippen LogP contribution < -0.4 is 5.32 Å². The number of hydrogen-bond donors (Lipinski definition) is 2. The molecule has 2 bridgehead atoms. The predicted molar refractivity (Wildman–Crippen MR) is 68.5 cm³/mol. The highest BCUT2D eigenvalue weighted by molar-refractivity contribution is 5.94. The minimum absolute atomic E-state index is 0.0790. The fourth-order valence-corrected chi connectivity index (χ4v) is 3.03. The molecule has 18 heavy (non-hydrogen) atoms. The molecule has 0 aliphatic carbocycles. The minimum atomic E-state index is -0.0790. The second-order valence-corrected chi connectivity index (χ2v) is 5.27. The predicted octanol–water partition coefficient (Wildman–Crippen LogP) is 1.22. The maximum absolute atomic E-state index is 12.1. The topological polar surface area (TPSA) is 52.6 Å². The lowest BCUT2D eigenvalue weighted by Gasteiger charge is -2.44. The van der Waals surface area contributed by atoms with Gasteiger partial charge in [-0.15, -0.1) is 0 Å². The van der Waals surface area contributed by atoms with Crippen molar-refractivity contribution < 1.29 is 9.90 Å². The highest BCUT2D eigenvalue weighted by Crippen LogP contribution is 2.27. The van der Waals surface area contributed by atoms with E-state index in [0.29, 0.717) is 11.5 Å². The maximum atomic E-state index is 12.1. The summed E-state index contributed by atoms with van der Waals surface area (Å²) in [4.78, 5) is 14.5. The van der Waals surface area contributed by atoms with Crippen molar-refractivity contribution in [1.29, 1.82) is 0 Å². The van der Waals surface area contributed by atoms with E-state index in [2.05, 4.69) is 10.2 Å². The Morgan fingerprint density at radius 2 is 2.11 bits per heavy atom. The van der Waals surface area contributed by atoms with Crippen molar-refractivity contribution in [3.63, 3.8) is 0 Å². The molecule has 2 N–H and O–H groups in total. The normalized spacial score (nSPS) is 30.1. The number of nitrogens with one attached hydrogen (secondary N) is 1. The molecule has 0 aromatic heterocycles. The van der Waals surface area contributed by atoms with E-state index in [4.69, 9.17) is 0 Å². The zero-order chi connectivity index (χ0) is 12.5. The summed E-state index contributed by atoms with van der Waals surface area (Å²) in [5, 5.41) is 12.5. The van der Waals surface area contributed by atoms with E-state index in [9.17, 15) is 9.90 Å². The number of phenols is 1. The summed E-state index contributed by atoms with van der Waals surface area (Å²) < 4.78 is 0. The smallest absolute Gasteiger partial charge is 0.251 e. The molecule has 0 spiro atoms. The molecule has 0 saturated carbocycles. The third kappa shape index (κ3) is 2.20. The molecule has 4 rings (SSSR count).